The summed E-state index contributed by atoms with van der Waals surface area (Å²) < 4.78 is 5.67. The molecule has 0 aromatic heterocycles. The lowest BCUT2D eigenvalue weighted by atomic mass is 10.2. The van der Waals surface area contributed by atoms with Crippen molar-refractivity contribution in [3.8, 4) is 11.5 Å². The van der Waals surface area contributed by atoms with Gasteiger partial charge >= 0.3 is 17.8 Å². The van der Waals surface area contributed by atoms with E-state index in [4.69, 9.17) is 4.74 Å². The first-order valence-electron chi connectivity index (χ1n) is 6.18. The third-order valence-corrected chi connectivity index (χ3v) is 2.90. The molecule has 1 fully saturated rings. The largest absolute Gasteiger partial charge is 0.455 e. The van der Waals surface area contributed by atoms with Crippen molar-refractivity contribution >= 4 is 23.5 Å². The van der Waals surface area contributed by atoms with Crippen molar-refractivity contribution in [2.24, 2.45) is 0 Å². The lowest BCUT2D eigenvalue weighted by Gasteiger charge is -2.16. The fourth-order valence-electron chi connectivity index (χ4n) is 1.96. The molecule has 0 saturated carbocycles. The van der Waals surface area contributed by atoms with E-state index in [1.807, 2.05) is 11.4 Å². The van der Waals surface area contributed by atoms with Crippen LogP contribution in [0.4, 0.5) is 10.5 Å². The van der Waals surface area contributed by atoms with Gasteiger partial charge in [0.15, 0.2) is 5.75 Å². The Morgan fingerprint density at radius 2 is 1.52 bits per heavy atom. The zero-order chi connectivity index (χ0) is 14.8. The zero-order valence-electron chi connectivity index (χ0n) is 10.8. The SMILES string of the molecule is O=C1NC(=O)N(c2ccccc2Oc2ccccc2)C1=O. The highest BCUT2D eigenvalue weighted by atomic mass is 16.5. The molecule has 1 heterocycles. The van der Waals surface area contributed by atoms with E-state index >= 15 is 0 Å². The van der Waals surface area contributed by atoms with Gasteiger partial charge in [-0.25, -0.2) is 9.69 Å². The smallest absolute Gasteiger partial charge is 0.336 e. The highest BCUT2D eigenvalue weighted by Crippen LogP contribution is 2.33. The molecular weight excluding hydrogens is 272 g/mol. The summed E-state index contributed by atoms with van der Waals surface area (Å²) in [6, 6.07) is 14.7. The number of carbonyl (C=O) groups excluding carboxylic acids is 3. The lowest BCUT2D eigenvalue weighted by Crippen LogP contribution is -2.31. The Balaban J connectivity index is 1.99. The molecule has 21 heavy (non-hydrogen) atoms. The van der Waals surface area contributed by atoms with Crippen LogP contribution in [0.2, 0.25) is 0 Å². The van der Waals surface area contributed by atoms with Gasteiger partial charge in [-0.2, -0.15) is 0 Å². The molecule has 3 rings (SSSR count). The first kappa shape index (κ1) is 12.9. The van der Waals surface area contributed by atoms with Crippen molar-refractivity contribution in [3.05, 3.63) is 54.6 Å². The Labute approximate surface area is 119 Å². The van der Waals surface area contributed by atoms with Crippen LogP contribution in [0.5, 0.6) is 11.5 Å². The molecule has 4 amide bonds. The van der Waals surface area contributed by atoms with Crippen LogP contribution >= 0.6 is 0 Å². The Bertz CT molecular complexity index is 727. The number of benzene rings is 2. The Morgan fingerprint density at radius 3 is 2.19 bits per heavy atom. The van der Waals surface area contributed by atoms with Crippen LogP contribution in [0, 0.1) is 0 Å². The molecule has 2 aromatic carbocycles. The molecule has 104 valence electrons. The molecule has 0 aliphatic carbocycles. The van der Waals surface area contributed by atoms with Gasteiger partial charge in [-0.15, -0.1) is 0 Å². The third kappa shape index (κ3) is 2.34. The number of imide groups is 2. The maximum atomic E-state index is 11.8. The summed E-state index contributed by atoms with van der Waals surface area (Å²) >= 11 is 0. The number of anilines is 1. The monoisotopic (exact) mass is 282 g/mol. The maximum Gasteiger partial charge on any atom is 0.336 e. The minimum atomic E-state index is -0.950. The van der Waals surface area contributed by atoms with E-state index in [2.05, 4.69) is 0 Å². The number of carbonyl (C=O) groups is 3. The van der Waals surface area contributed by atoms with Gasteiger partial charge in [0.1, 0.15) is 5.75 Å². The van der Waals surface area contributed by atoms with E-state index in [1.54, 1.807) is 42.5 Å². The molecule has 1 saturated heterocycles. The van der Waals surface area contributed by atoms with Crippen molar-refractivity contribution < 1.29 is 19.1 Å². The van der Waals surface area contributed by atoms with Crippen LogP contribution in [0.1, 0.15) is 0 Å². The molecule has 6 nitrogen and oxygen atoms in total. The summed E-state index contributed by atoms with van der Waals surface area (Å²) in [4.78, 5) is 35.5. The van der Waals surface area contributed by atoms with Crippen molar-refractivity contribution in [1.29, 1.82) is 0 Å². The number of ether oxygens (including phenoxy) is 1. The number of amides is 4. The fraction of sp³-hybridized carbons (Fsp3) is 0. The van der Waals surface area contributed by atoms with E-state index in [1.165, 1.54) is 6.07 Å². The molecule has 2 aromatic rings. The highest BCUT2D eigenvalue weighted by Gasteiger charge is 2.39. The molecular formula is C15H10N2O4. The van der Waals surface area contributed by atoms with Gasteiger partial charge in [0.05, 0.1) is 5.69 Å². The van der Waals surface area contributed by atoms with E-state index in [9.17, 15) is 14.4 Å². The number of rotatable bonds is 3. The topological polar surface area (TPSA) is 75.7 Å². The van der Waals surface area contributed by atoms with E-state index < -0.39 is 17.8 Å². The Hall–Kier alpha value is -3.15. The molecule has 0 spiro atoms. The second-order valence-corrected chi connectivity index (χ2v) is 4.28. The second kappa shape index (κ2) is 5.09. The summed E-state index contributed by atoms with van der Waals surface area (Å²) in [5.41, 5.74) is 0.217. The van der Waals surface area contributed by atoms with E-state index in [0.717, 1.165) is 4.90 Å². The third-order valence-electron chi connectivity index (χ3n) is 2.90. The van der Waals surface area contributed by atoms with Crippen molar-refractivity contribution in [2.75, 3.05) is 4.90 Å². The summed E-state index contributed by atoms with van der Waals surface area (Å²) in [5.74, 6) is -1.01. The van der Waals surface area contributed by atoms with Gasteiger partial charge < -0.3 is 4.74 Å². The highest BCUT2D eigenvalue weighted by molar-refractivity contribution is 6.53. The van der Waals surface area contributed by atoms with Gasteiger partial charge in [0, 0.05) is 0 Å². The average molecular weight is 282 g/mol. The summed E-state index contributed by atoms with van der Waals surface area (Å²) in [6.07, 6.45) is 0. The molecule has 1 aliphatic rings. The molecule has 6 heteroatoms. The maximum absolute atomic E-state index is 11.8. The predicted molar refractivity (Wildman–Crippen MR) is 74.0 cm³/mol. The van der Waals surface area contributed by atoms with Crippen LogP contribution in [-0.4, -0.2) is 17.8 Å². The minimum Gasteiger partial charge on any atom is -0.455 e. The number of hydrogen-bond acceptors (Lipinski definition) is 4. The van der Waals surface area contributed by atoms with E-state index in [0.29, 0.717) is 11.5 Å². The van der Waals surface area contributed by atoms with Crippen molar-refractivity contribution in [2.45, 2.75) is 0 Å². The van der Waals surface area contributed by atoms with E-state index in [-0.39, 0.29) is 5.69 Å². The Kier molecular flexibility index (Phi) is 3.12. The molecule has 0 unspecified atom stereocenters. The quantitative estimate of drug-likeness (QED) is 0.690. The van der Waals surface area contributed by atoms with Crippen LogP contribution < -0.4 is 15.0 Å². The van der Waals surface area contributed by atoms with Crippen molar-refractivity contribution in [3.63, 3.8) is 0 Å². The average Bonchev–Trinajstić information content (AvgIpc) is 2.74. The Morgan fingerprint density at radius 1 is 0.857 bits per heavy atom. The predicted octanol–water partition coefficient (Wildman–Crippen LogP) is 2.06. The molecule has 1 aliphatic heterocycles. The van der Waals surface area contributed by atoms with Gasteiger partial charge in [0.2, 0.25) is 0 Å². The van der Waals surface area contributed by atoms with Gasteiger partial charge in [-0.1, -0.05) is 30.3 Å². The van der Waals surface area contributed by atoms with Crippen LogP contribution in [0.3, 0.4) is 0 Å². The number of para-hydroxylation sites is 3. The summed E-state index contributed by atoms with van der Waals surface area (Å²) in [5, 5.41) is 1.95. The van der Waals surface area contributed by atoms with Gasteiger partial charge in [0.25, 0.3) is 0 Å². The number of urea groups is 1. The fourth-order valence-corrected chi connectivity index (χ4v) is 1.96. The zero-order valence-corrected chi connectivity index (χ0v) is 10.8. The number of nitrogens with zero attached hydrogens (tertiary/aromatic N) is 1. The van der Waals surface area contributed by atoms with Gasteiger partial charge in [-0.3, -0.25) is 14.9 Å². The number of hydrogen-bond donors (Lipinski definition) is 1. The van der Waals surface area contributed by atoms with Crippen LogP contribution in [0.25, 0.3) is 0 Å². The van der Waals surface area contributed by atoms with Crippen molar-refractivity contribution in [1.82, 2.24) is 5.32 Å². The summed E-state index contributed by atoms with van der Waals surface area (Å²) in [7, 11) is 0. The molecule has 1 N–H and O–H groups in total. The second-order valence-electron chi connectivity index (χ2n) is 4.28. The standard InChI is InChI=1S/C15H10N2O4/c18-13-14(19)17(15(20)16-13)11-8-4-5-9-12(11)21-10-6-2-1-3-7-10/h1-9H,(H,16,18,20). The first-order valence-corrected chi connectivity index (χ1v) is 6.18. The van der Waals surface area contributed by atoms with Crippen LogP contribution in [0.15, 0.2) is 54.6 Å². The number of nitrogens with one attached hydrogen (secondary N) is 1. The minimum absolute atomic E-state index is 0.217. The normalized spacial score (nSPS) is 14.3. The van der Waals surface area contributed by atoms with Crippen LogP contribution in [-0.2, 0) is 9.59 Å². The van der Waals surface area contributed by atoms with Gasteiger partial charge in [-0.05, 0) is 24.3 Å². The first-order chi connectivity index (χ1) is 10.2. The molecule has 0 radical (unpaired) electrons. The lowest BCUT2D eigenvalue weighted by molar-refractivity contribution is -0.134. The summed E-state index contributed by atoms with van der Waals surface area (Å²) in [6.45, 7) is 0. The molecule has 0 bridgehead atoms. The molecule has 0 atom stereocenters.